The standard InChI is InChI=1S/C12H13FN4O/c1-14-12-15-6-5-11(17-12)16-9-4-3-8(13)7-10(9)18-2/h3-7H,1-2H3,(H2,14,15,16,17). The molecule has 0 spiro atoms. The van der Waals surface area contributed by atoms with E-state index in [2.05, 4.69) is 20.6 Å². The van der Waals surface area contributed by atoms with Crippen molar-refractivity contribution in [2.45, 2.75) is 0 Å². The lowest BCUT2D eigenvalue weighted by Crippen LogP contribution is -2.01. The van der Waals surface area contributed by atoms with Crippen LogP contribution in [-0.2, 0) is 0 Å². The van der Waals surface area contributed by atoms with Gasteiger partial charge in [-0.3, -0.25) is 0 Å². The Kier molecular flexibility index (Phi) is 3.57. The Labute approximate surface area is 104 Å². The molecule has 0 aliphatic heterocycles. The first-order valence-electron chi connectivity index (χ1n) is 5.34. The Morgan fingerprint density at radius 1 is 1.28 bits per heavy atom. The molecule has 94 valence electrons. The molecule has 0 saturated carbocycles. The van der Waals surface area contributed by atoms with E-state index >= 15 is 0 Å². The van der Waals surface area contributed by atoms with Gasteiger partial charge in [-0.2, -0.15) is 4.98 Å². The second-order valence-electron chi connectivity index (χ2n) is 3.49. The van der Waals surface area contributed by atoms with E-state index in [0.717, 1.165) is 0 Å². The van der Waals surface area contributed by atoms with E-state index in [9.17, 15) is 4.39 Å². The molecular formula is C12H13FN4O. The number of rotatable bonds is 4. The monoisotopic (exact) mass is 248 g/mol. The molecule has 0 bridgehead atoms. The lowest BCUT2D eigenvalue weighted by Gasteiger charge is -2.10. The first-order valence-corrected chi connectivity index (χ1v) is 5.34. The lowest BCUT2D eigenvalue weighted by molar-refractivity contribution is 0.413. The van der Waals surface area contributed by atoms with Gasteiger partial charge in [-0.1, -0.05) is 0 Å². The summed E-state index contributed by atoms with van der Waals surface area (Å²) in [6, 6.07) is 5.96. The quantitative estimate of drug-likeness (QED) is 0.870. The van der Waals surface area contributed by atoms with Gasteiger partial charge in [0.05, 0.1) is 12.8 Å². The maximum atomic E-state index is 13.0. The molecule has 0 aliphatic rings. The van der Waals surface area contributed by atoms with Crippen molar-refractivity contribution in [3.63, 3.8) is 0 Å². The van der Waals surface area contributed by atoms with Crippen LogP contribution in [0.4, 0.5) is 21.8 Å². The number of benzene rings is 1. The summed E-state index contributed by atoms with van der Waals surface area (Å²) >= 11 is 0. The fourth-order valence-corrected chi connectivity index (χ4v) is 1.46. The molecule has 1 aromatic carbocycles. The molecule has 0 saturated heterocycles. The molecule has 2 N–H and O–H groups in total. The predicted molar refractivity (Wildman–Crippen MR) is 67.8 cm³/mol. The topological polar surface area (TPSA) is 59.1 Å². The highest BCUT2D eigenvalue weighted by Crippen LogP contribution is 2.27. The van der Waals surface area contributed by atoms with Gasteiger partial charge in [0, 0.05) is 19.3 Å². The third-order valence-electron chi connectivity index (χ3n) is 2.31. The summed E-state index contributed by atoms with van der Waals surface area (Å²) in [6.45, 7) is 0. The summed E-state index contributed by atoms with van der Waals surface area (Å²) in [6.07, 6.45) is 1.62. The van der Waals surface area contributed by atoms with Crippen LogP contribution in [0.5, 0.6) is 5.75 Å². The van der Waals surface area contributed by atoms with Crippen LogP contribution >= 0.6 is 0 Å². The van der Waals surface area contributed by atoms with Crippen LogP contribution in [-0.4, -0.2) is 24.1 Å². The molecule has 0 radical (unpaired) electrons. The number of nitrogens with one attached hydrogen (secondary N) is 2. The molecule has 1 heterocycles. The Morgan fingerprint density at radius 2 is 2.11 bits per heavy atom. The van der Waals surface area contributed by atoms with Crippen LogP contribution in [0.2, 0.25) is 0 Å². The summed E-state index contributed by atoms with van der Waals surface area (Å²) in [5, 5.41) is 5.88. The predicted octanol–water partition coefficient (Wildman–Crippen LogP) is 2.41. The Hall–Kier alpha value is -2.37. The maximum Gasteiger partial charge on any atom is 0.224 e. The fourth-order valence-electron chi connectivity index (χ4n) is 1.46. The zero-order valence-corrected chi connectivity index (χ0v) is 10.1. The van der Waals surface area contributed by atoms with Crippen LogP contribution in [0, 0.1) is 5.82 Å². The molecule has 1 aromatic heterocycles. The molecule has 0 unspecified atom stereocenters. The molecule has 6 heteroatoms. The Bertz CT molecular complexity index is 547. The van der Waals surface area contributed by atoms with Gasteiger partial charge in [0.2, 0.25) is 5.95 Å². The lowest BCUT2D eigenvalue weighted by atomic mass is 10.3. The number of methoxy groups -OCH3 is 1. The van der Waals surface area contributed by atoms with Crippen molar-refractivity contribution in [3.05, 3.63) is 36.3 Å². The average molecular weight is 248 g/mol. The van der Waals surface area contributed by atoms with Gasteiger partial charge >= 0.3 is 0 Å². The minimum absolute atomic E-state index is 0.351. The van der Waals surface area contributed by atoms with Gasteiger partial charge in [0.15, 0.2) is 0 Å². The largest absolute Gasteiger partial charge is 0.494 e. The molecule has 2 aromatic rings. The van der Waals surface area contributed by atoms with E-state index in [0.29, 0.717) is 23.2 Å². The number of halogens is 1. The van der Waals surface area contributed by atoms with Gasteiger partial charge in [-0.15, -0.1) is 0 Å². The smallest absolute Gasteiger partial charge is 0.224 e. The van der Waals surface area contributed by atoms with Crippen LogP contribution < -0.4 is 15.4 Å². The maximum absolute atomic E-state index is 13.0. The van der Waals surface area contributed by atoms with Crippen molar-refractivity contribution in [3.8, 4) is 5.75 Å². The first-order chi connectivity index (χ1) is 8.72. The summed E-state index contributed by atoms with van der Waals surface area (Å²) in [5.41, 5.74) is 0.639. The first kappa shape index (κ1) is 12.1. The minimum atomic E-state index is -0.351. The van der Waals surface area contributed by atoms with E-state index < -0.39 is 0 Å². The number of ether oxygens (including phenoxy) is 1. The summed E-state index contributed by atoms with van der Waals surface area (Å²) < 4.78 is 18.1. The third kappa shape index (κ3) is 2.65. The highest BCUT2D eigenvalue weighted by molar-refractivity contribution is 5.64. The van der Waals surface area contributed by atoms with Gasteiger partial charge in [0.1, 0.15) is 17.4 Å². The third-order valence-corrected chi connectivity index (χ3v) is 2.31. The second-order valence-corrected chi connectivity index (χ2v) is 3.49. The normalized spacial score (nSPS) is 9.94. The van der Waals surface area contributed by atoms with Gasteiger partial charge < -0.3 is 15.4 Å². The number of anilines is 3. The van der Waals surface area contributed by atoms with E-state index in [1.165, 1.54) is 19.2 Å². The van der Waals surface area contributed by atoms with Crippen molar-refractivity contribution in [2.24, 2.45) is 0 Å². The van der Waals surface area contributed by atoms with E-state index in [-0.39, 0.29) is 5.82 Å². The number of nitrogens with zero attached hydrogens (tertiary/aromatic N) is 2. The molecule has 18 heavy (non-hydrogen) atoms. The average Bonchev–Trinajstić information content (AvgIpc) is 2.41. The van der Waals surface area contributed by atoms with Crippen LogP contribution in [0.25, 0.3) is 0 Å². The van der Waals surface area contributed by atoms with Gasteiger partial charge in [-0.25, -0.2) is 9.37 Å². The summed E-state index contributed by atoms with van der Waals surface area (Å²) in [7, 11) is 3.22. The van der Waals surface area contributed by atoms with E-state index in [1.54, 1.807) is 25.4 Å². The Morgan fingerprint density at radius 3 is 2.83 bits per heavy atom. The molecule has 0 atom stereocenters. The van der Waals surface area contributed by atoms with Crippen molar-refractivity contribution >= 4 is 17.5 Å². The molecule has 2 rings (SSSR count). The SMILES string of the molecule is CNc1nccc(Nc2ccc(F)cc2OC)n1. The van der Waals surface area contributed by atoms with Crippen molar-refractivity contribution in [2.75, 3.05) is 24.8 Å². The number of hydrogen-bond acceptors (Lipinski definition) is 5. The fraction of sp³-hybridized carbons (Fsp3) is 0.167. The number of hydrogen-bond donors (Lipinski definition) is 2. The summed E-state index contributed by atoms with van der Waals surface area (Å²) in [4.78, 5) is 8.20. The van der Waals surface area contributed by atoms with Crippen molar-refractivity contribution in [1.82, 2.24) is 9.97 Å². The van der Waals surface area contributed by atoms with Gasteiger partial charge in [0.25, 0.3) is 0 Å². The number of aromatic nitrogens is 2. The zero-order chi connectivity index (χ0) is 13.0. The van der Waals surface area contributed by atoms with Crippen molar-refractivity contribution < 1.29 is 9.13 Å². The van der Waals surface area contributed by atoms with Gasteiger partial charge in [-0.05, 0) is 18.2 Å². The van der Waals surface area contributed by atoms with Crippen LogP contribution in [0.1, 0.15) is 0 Å². The van der Waals surface area contributed by atoms with Crippen molar-refractivity contribution in [1.29, 1.82) is 0 Å². The molecule has 0 fully saturated rings. The van der Waals surface area contributed by atoms with E-state index in [1.807, 2.05) is 0 Å². The zero-order valence-electron chi connectivity index (χ0n) is 10.1. The minimum Gasteiger partial charge on any atom is -0.494 e. The second kappa shape index (κ2) is 5.31. The van der Waals surface area contributed by atoms with Crippen LogP contribution in [0.15, 0.2) is 30.5 Å². The highest BCUT2D eigenvalue weighted by atomic mass is 19.1. The van der Waals surface area contributed by atoms with Crippen LogP contribution in [0.3, 0.4) is 0 Å². The van der Waals surface area contributed by atoms with E-state index in [4.69, 9.17) is 4.74 Å². The molecular weight excluding hydrogens is 235 g/mol. The highest BCUT2D eigenvalue weighted by Gasteiger charge is 2.06. The molecule has 0 aliphatic carbocycles. The molecule has 5 nitrogen and oxygen atoms in total. The molecule has 0 amide bonds. The Balaban J connectivity index is 2.27. The summed E-state index contributed by atoms with van der Waals surface area (Å²) in [5.74, 6) is 1.16.